The van der Waals surface area contributed by atoms with E-state index in [2.05, 4.69) is 10.3 Å². The van der Waals surface area contributed by atoms with E-state index < -0.39 is 0 Å². The number of benzene rings is 1. The average molecular weight is 350 g/mol. The number of rotatable bonds is 7. The molecule has 1 N–H and O–H groups in total. The van der Waals surface area contributed by atoms with E-state index in [1.165, 1.54) is 0 Å². The van der Waals surface area contributed by atoms with Crippen molar-refractivity contribution in [2.75, 3.05) is 0 Å². The molecule has 0 spiro atoms. The molecule has 1 amide bonds. The lowest BCUT2D eigenvalue weighted by Crippen LogP contribution is -2.23. The van der Waals surface area contributed by atoms with Crippen molar-refractivity contribution >= 4 is 23.0 Å². The fraction of sp³-hybridized carbons (Fsp3) is 0.150. The summed E-state index contributed by atoms with van der Waals surface area (Å²) < 4.78 is 0. The van der Waals surface area contributed by atoms with Gasteiger partial charge < -0.3 is 5.32 Å². The Labute approximate surface area is 150 Å². The van der Waals surface area contributed by atoms with E-state index in [9.17, 15) is 9.59 Å². The zero-order valence-electron chi connectivity index (χ0n) is 13.6. The molecular formula is C20H18N2O2S. The predicted octanol–water partition coefficient (Wildman–Crippen LogP) is 4.09. The number of nitrogens with one attached hydrogen (secondary N) is 1. The quantitative estimate of drug-likeness (QED) is 0.653. The van der Waals surface area contributed by atoms with Crippen molar-refractivity contribution in [1.82, 2.24) is 10.3 Å². The van der Waals surface area contributed by atoms with Crippen molar-refractivity contribution in [3.8, 4) is 11.3 Å². The molecule has 126 valence electrons. The topological polar surface area (TPSA) is 59.1 Å². The molecule has 3 aromatic rings. The van der Waals surface area contributed by atoms with E-state index in [-0.39, 0.29) is 24.5 Å². The number of aromatic nitrogens is 1. The molecule has 2 heterocycles. The summed E-state index contributed by atoms with van der Waals surface area (Å²) in [5.41, 5.74) is 3.60. The Balaban J connectivity index is 1.49. The Bertz CT molecular complexity index is 845. The largest absolute Gasteiger partial charge is 0.352 e. The maximum Gasteiger partial charge on any atom is 0.220 e. The molecule has 0 aliphatic carbocycles. The van der Waals surface area contributed by atoms with Crippen LogP contribution in [0.1, 0.15) is 28.8 Å². The fourth-order valence-corrected chi connectivity index (χ4v) is 3.09. The number of hydrogen-bond donors (Lipinski definition) is 1. The Hall–Kier alpha value is -2.79. The lowest BCUT2D eigenvalue weighted by atomic mass is 10.1. The van der Waals surface area contributed by atoms with Gasteiger partial charge in [-0.1, -0.05) is 30.3 Å². The number of amides is 1. The lowest BCUT2D eigenvalue weighted by molar-refractivity contribution is -0.121. The molecular weight excluding hydrogens is 332 g/mol. The highest BCUT2D eigenvalue weighted by Crippen LogP contribution is 2.20. The molecule has 1 aromatic carbocycles. The van der Waals surface area contributed by atoms with E-state index in [4.69, 9.17) is 0 Å². The number of nitrogens with zero attached hydrogens (tertiary/aromatic N) is 1. The molecule has 25 heavy (non-hydrogen) atoms. The molecule has 0 atom stereocenters. The van der Waals surface area contributed by atoms with Gasteiger partial charge in [-0.2, -0.15) is 11.3 Å². The first-order valence-electron chi connectivity index (χ1n) is 8.05. The van der Waals surface area contributed by atoms with Crippen LogP contribution in [0.25, 0.3) is 11.3 Å². The smallest absolute Gasteiger partial charge is 0.220 e. The molecule has 0 aliphatic heterocycles. The van der Waals surface area contributed by atoms with Crippen molar-refractivity contribution in [1.29, 1.82) is 0 Å². The second kappa shape index (κ2) is 8.35. The monoisotopic (exact) mass is 350 g/mol. The number of thiophene rings is 1. The van der Waals surface area contributed by atoms with E-state index >= 15 is 0 Å². The van der Waals surface area contributed by atoms with E-state index in [0.29, 0.717) is 12.1 Å². The number of Topliss-reactive ketones (excluding diaryl/α,β-unsaturated/α-hetero) is 1. The van der Waals surface area contributed by atoms with Gasteiger partial charge in [-0.3, -0.25) is 14.6 Å². The van der Waals surface area contributed by atoms with Crippen LogP contribution in [-0.2, 0) is 11.3 Å². The minimum atomic E-state index is -0.127. The first kappa shape index (κ1) is 17.0. The molecule has 2 aromatic heterocycles. The fourth-order valence-electron chi connectivity index (χ4n) is 2.44. The van der Waals surface area contributed by atoms with Gasteiger partial charge in [0.2, 0.25) is 5.91 Å². The first-order chi connectivity index (χ1) is 12.2. The van der Waals surface area contributed by atoms with E-state index in [1.807, 2.05) is 47.2 Å². The van der Waals surface area contributed by atoms with Gasteiger partial charge in [0.25, 0.3) is 0 Å². The molecule has 3 rings (SSSR count). The zero-order chi connectivity index (χ0) is 17.5. The highest BCUT2D eigenvalue weighted by Gasteiger charge is 2.09. The molecule has 0 saturated carbocycles. The Morgan fingerprint density at radius 2 is 1.88 bits per heavy atom. The lowest BCUT2D eigenvalue weighted by Gasteiger charge is -2.06. The minimum Gasteiger partial charge on any atom is -0.352 e. The summed E-state index contributed by atoms with van der Waals surface area (Å²) in [6.45, 7) is 0.429. The maximum absolute atomic E-state index is 12.0. The molecule has 0 aliphatic rings. The van der Waals surface area contributed by atoms with Crippen LogP contribution in [-0.4, -0.2) is 16.7 Å². The zero-order valence-corrected chi connectivity index (χ0v) is 14.5. The van der Waals surface area contributed by atoms with Crippen LogP contribution >= 0.6 is 11.3 Å². The second-order valence-electron chi connectivity index (χ2n) is 5.63. The van der Waals surface area contributed by atoms with Crippen LogP contribution in [0.4, 0.5) is 0 Å². The van der Waals surface area contributed by atoms with Gasteiger partial charge in [0.05, 0.1) is 5.69 Å². The molecule has 0 bridgehead atoms. The molecule has 0 saturated heterocycles. The highest BCUT2D eigenvalue weighted by molar-refractivity contribution is 7.08. The number of pyridine rings is 1. The minimum absolute atomic E-state index is 0.0144. The van der Waals surface area contributed by atoms with Crippen LogP contribution in [0.15, 0.2) is 65.5 Å². The van der Waals surface area contributed by atoms with Crippen molar-refractivity contribution in [2.24, 2.45) is 0 Å². The van der Waals surface area contributed by atoms with Crippen molar-refractivity contribution in [2.45, 2.75) is 19.4 Å². The third kappa shape index (κ3) is 4.84. The van der Waals surface area contributed by atoms with Gasteiger partial charge in [-0.15, -0.1) is 0 Å². The summed E-state index contributed by atoms with van der Waals surface area (Å²) >= 11 is 1.62. The number of hydrogen-bond acceptors (Lipinski definition) is 4. The molecule has 4 nitrogen and oxygen atoms in total. The molecule has 0 unspecified atom stereocenters. The number of ketones is 1. The number of carbonyl (C=O) groups excluding carboxylic acids is 2. The van der Waals surface area contributed by atoms with Gasteiger partial charge in [0.1, 0.15) is 0 Å². The Morgan fingerprint density at radius 3 is 2.64 bits per heavy atom. The third-order valence-electron chi connectivity index (χ3n) is 3.81. The Kier molecular flexibility index (Phi) is 5.69. The standard InChI is InChI=1S/C20H18N2O2S/c23-19(16-4-2-1-3-5-16)6-7-20(24)22-13-15-8-10-21-18(12-15)17-9-11-25-14-17/h1-5,8-12,14H,6-7,13H2,(H,22,24). The Morgan fingerprint density at radius 1 is 1.04 bits per heavy atom. The maximum atomic E-state index is 12.0. The van der Waals surface area contributed by atoms with Crippen LogP contribution in [0.2, 0.25) is 0 Å². The summed E-state index contributed by atoms with van der Waals surface area (Å²) in [5, 5.41) is 6.91. The van der Waals surface area contributed by atoms with Crippen LogP contribution in [0, 0.1) is 0 Å². The van der Waals surface area contributed by atoms with Gasteiger partial charge in [0.15, 0.2) is 5.78 Å². The summed E-state index contributed by atoms with van der Waals surface area (Å²) in [4.78, 5) is 28.4. The van der Waals surface area contributed by atoms with Gasteiger partial charge in [-0.25, -0.2) is 0 Å². The summed E-state index contributed by atoms with van der Waals surface area (Å²) in [7, 11) is 0. The van der Waals surface area contributed by atoms with Gasteiger partial charge >= 0.3 is 0 Å². The van der Waals surface area contributed by atoms with E-state index in [1.54, 1.807) is 29.7 Å². The number of carbonyl (C=O) groups is 2. The van der Waals surface area contributed by atoms with Crippen LogP contribution < -0.4 is 5.32 Å². The molecule has 0 radical (unpaired) electrons. The van der Waals surface area contributed by atoms with Crippen molar-refractivity contribution in [3.05, 3.63) is 76.6 Å². The predicted molar refractivity (Wildman–Crippen MR) is 99.4 cm³/mol. The average Bonchev–Trinajstić information content (AvgIpc) is 3.20. The van der Waals surface area contributed by atoms with Crippen molar-refractivity contribution < 1.29 is 9.59 Å². The molecule has 0 fully saturated rings. The van der Waals surface area contributed by atoms with Crippen LogP contribution in [0.5, 0.6) is 0 Å². The summed E-state index contributed by atoms with van der Waals surface area (Å²) in [5.74, 6) is -0.141. The molecule has 5 heteroatoms. The van der Waals surface area contributed by atoms with Gasteiger partial charge in [-0.05, 0) is 29.1 Å². The van der Waals surface area contributed by atoms with Gasteiger partial charge in [0, 0.05) is 42.1 Å². The van der Waals surface area contributed by atoms with E-state index in [0.717, 1.165) is 16.8 Å². The second-order valence-corrected chi connectivity index (χ2v) is 6.41. The van der Waals surface area contributed by atoms with Crippen LogP contribution in [0.3, 0.4) is 0 Å². The highest BCUT2D eigenvalue weighted by atomic mass is 32.1. The SMILES string of the molecule is O=C(CCC(=O)c1ccccc1)NCc1ccnc(-c2ccsc2)c1. The van der Waals surface area contributed by atoms with Crippen molar-refractivity contribution in [3.63, 3.8) is 0 Å². The normalized spacial score (nSPS) is 10.4. The summed E-state index contributed by atoms with van der Waals surface area (Å²) in [6, 6.07) is 14.9. The summed E-state index contributed by atoms with van der Waals surface area (Å²) in [6.07, 6.45) is 2.15. The first-order valence-corrected chi connectivity index (χ1v) is 8.99. The third-order valence-corrected chi connectivity index (χ3v) is 4.49.